The predicted molar refractivity (Wildman–Crippen MR) is 63.9 cm³/mol. The number of aromatic nitrogens is 1. The molecule has 1 aromatic carbocycles. The molecule has 0 saturated carbocycles. The highest BCUT2D eigenvalue weighted by atomic mass is 79.9. The molecule has 1 aromatic heterocycles. The maximum Gasteiger partial charge on any atom is 0.227 e. The van der Waals surface area contributed by atoms with Gasteiger partial charge in [-0.15, -0.1) is 0 Å². The lowest BCUT2D eigenvalue weighted by atomic mass is 10.1. The Morgan fingerprint density at radius 2 is 1.87 bits per heavy atom. The third kappa shape index (κ3) is 2.18. The van der Waals surface area contributed by atoms with Gasteiger partial charge in [-0.25, -0.2) is 4.98 Å². The molecule has 0 N–H and O–H groups in total. The maximum absolute atomic E-state index is 5.08. The lowest BCUT2D eigenvalue weighted by molar-refractivity contribution is 0.395. The molecule has 0 fully saturated rings. The lowest BCUT2D eigenvalue weighted by Crippen LogP contribution is -1.89. The van der Waals surface area contributed by atoms with Crippen LogP contribution in [-0.4, -0.2) is 12.1 Å². The number of hydrogen-bond acceptors (Lipinski definition) is 2. The standard InChI is InChI=1S/C12H10BrNO/c1-15-12-11(13)7-10(8-14-12)9-5-3-2-4-6-9/h2-8H,1H3. The fourth-order valence-corrected chi connectivity index (χ4v) is 1.87. The number of halogens is 1. The van der Waals surface area contributed by atoms with Crippen LogP contribution in [0, 0.1) is 0 Å². The number of hydrogen-bond donors (Lipinski definition) is 0. The van der Waals surface area contributed by atoms with Gasteiger partial charge >= 0.3 is 0 Å². The zero-order valence-electron chi connectivity index (χ0n) is 8.27. The smallest absolute Gasteiger partial charge is 0.227 e. The van der Waals surface area contributed by atoms with Gasteiger partial charge in [-0.05, 0) is 27.6 Å². The normalized spacial score (nSPS) is 10.0. The Hall–Kier alpha value is -1.35. The number of ether oxygens (including phenoxy) is 1. The van der Waals surface area contributed by atoms with Gasteiger partial charge in [-0.2, -0.15) is 0 Å². The van der Waals surface area contributed by atoms with E-state index in [4.69, 9.17) is 4.74 Å². The second kappa shape index (κ2) is 4.45. The Kier molecular flexibility index (Phi) is 3.02. The van der Waals surface area contributed by atoms with Gasteiger partial charge in [0, 0.05) is 11.8 Å². The van der Waals surface area contributed by atoms with Crippen molar-refractivity contribution in [3.63, 3.8) is 0 Å². The minimum Gasteiger partial charge on any atom is -0.480 e. The van der Waals surface area contributed by atoms with Gasteiger partial charge in [0.15, 0.2) is 0 Å². The summed E-state index contributed by atoms with van der Waals surface area (Å²) in [5, 5.41) is 0. The van der Waals surface area contributed by atoms with E-state index in [9.17, 15) is 0 Å². The predicted octanol–water partition coefficient (Wildman–Crippen LogP) is 3.52. The lowest BCUT2D eigenvalue weighted by Gasteiger charge is -2.05. The Morgan fingerprint density at radius 3 is 2.47 bits per heavy atom. The van der Waals surface area contributed by atoms with Gasteiger partial charge in [0.2, 0.25) is 5.88 Å². The number of benzene rings is 1. The molecule has 0 saturated heterocycles. The summed E-state index contributed by atoms with van der Waals surface area (Å²) in [4.78, 5) is 4.20. The zero-order valence-corrected chi connectivity index (χ0v) is 9.86. The molecule has 0 aliphatic carbocycles. The maximum atomic E-state index is 5.08. The first-order chi connectivity index (χ1) is 7.31. The van der Waals surface area contributed by atoms with Crippen LogP contribution in [0.4, 0.5) is 0 Å². The molecule has 2 rings (SSSR count). The van der Waals surface area contributed by atoms with Crippen LogP contribution in [0.2, 0.25) is 0 Å². The highest BCUT2D eigenvalue weighted by Gasteiger charge is 2.03. The van der Waals surface area contributed by atoms with Gasteiger partial charge < -0.3 is 4.74 Å². The van der Waals surface area contributed by atoms with E-state index in [-0.39, 0.29) is 0 Å². The summed E-state index contributed by atoms with van der Waals surface area (Å²) < 4.78 is 5.94. The molecular weight excluding hydrogens is 254 g/mol. The highest BCUT2D eigenvalue weighted by Crippen LogP contribution is 2.27. The number of nitrogens with zero attached hydrogens (tertiary/aromatic N) is 1. The molecule has 76 valence electrons. The molecular formula is C12H10BrNO. The molecule has 3 heteroatoms. The van der Waals surface area contributed by atoms with E-state index in [0.717, 1.165) is 15.6 Å². The van der Waals surface area contributed by atoms with E-state index in [0.29, 0.717) is 5.88 Å². The Balaban J connectivity index is 2.43. The molecule has 15 heavy (non-hydrogen) atoms. The van der Waals surface area contributed by atoms with E-state index in [2.05, 4.69) is 33.0 Å². The fourth-order valence-electron chi connectivity index (χ4n) is 1.36. The van der Waals surface area contributed by atoms with Crippen molar-refractivity contribution in [1.82, 2.24) is 4.98 Å². The Labute approximate surface area is 97.1 Å². The number of methoxy groups -OCH3 is 1. The van der Waals surface area contributed by atoms with Crippen molar-refractivity contribution >= 4 is 15.9 Å². The van der Waals surface area contributed by atoms with Gasteiger partial charge in [0.05, 0.1) is 11.6 Å². The second-order valence-electron chi connectivity index (χ2n) is 3.08. The molecule has 0 unspecified atom stereocenters. The molecule has 2 aromatic rings. The van der Waals surface area contributed by atoms with Crippen LogP contribution >= 0.6 is 15.9 Å². The van der Waals surface area contributed by atoms with Crippen LogP contribution in [-0.2, 0) is 0 Å². The van der Waals surface area contributed by atoms with Gasteiger partial charge in [-0.3, -0.25) is 0 Å². The molecule has 0 spiro atoms. The van der Waals surface area contributed by atoms with Crippen LogP contribution in [0.15, 0.2) is 47.1 Å². The molecule has 0 atom stereocenters. The minimum absolute atomic E-state index is 0.606. The van der Waals surface area contributed by atoms with Crippen molar-refractivity contribution in [2.24, 2.45) is 0 Å². The van der Waals surface area contributed by atoms with E-state index < -0.39 is 0 Å². The van der Waals surface area contributed by atoms with Crippen molar-refractivity contribution in [3.05, 3.63) is 47.1 Å². The third-order valence-corrected chi connectivity index (χ3v) is 2.68. The second-order valence-corrected chi connectivity index (χ2v) is 3.94. The van der Waals surface area contributed by atoms with Gasteiger partial charge in [0.1, 0.15) is 0 Å². The molecule has 0 aliphatic rings. The topological polar surface area (TPSA) is 22.1 Å². The summed E-state index contributed by atoms with van der Waals surface area (Å²) in [6.07, 6.45) is 1.80. The SMILES string of the molecule is COc1ncc(-c2ccccc2)cc1Br. The summed E-state index contributed by atoms with van der Waals surface area (Å²) in [5.41, 5.74) is 2.22. The quantitative estimate of drug-likeness (QED) is 0.827. The summed E-state index contributed by atoms with van der Waals surface area (Å²) in [6, 6.07) is 12.1. The first-order valence-electron chi connectivity index (χ1n) is 4.56. The Bertz CT molecular complexity index is 456. The summed E-state index contributed by atoms with van der Waals surface area (Å²) in [5.74, 6) is 0.606. The molecule has 0 radical (unpaired) electrons. The number of rotatable bonds is 2. The monoisotopic (exact) mass is 263 g/mol. The molecule has 0 bridgehead atoms. The van der Waals surface area contributed by atoms with Crippen LogP contribution in [0.5, 0.6) is 5.88 Å². The van der Waals surface area contributed by atoms with Crippen molar-refractivity contribution in [1.29, 1.82) is 0 Å². The number of pyridine rings is 1. The van der Waals surface area contributed by atoms with Crippen molar-refractivity contribution in [3.8, 4) is 17.0 Å². The Morgan fingerprint density at radius 1 is 1.13 bits per heavy atom. The van der Waals surface area contributed by atoms with Crippen LogP contribution in [0.25, 0.3) is 11.1 Å². The average Bonchev–Trinajstić information content (AvgIpc) is 2.30. The van der Waals surface area contributed by atoms with E-state index in [1.807, 2.05) is 24.3 Å². The third-order valence-electron chi connectivity index (χ3n) is 2.11. The van der Waals surface area contributed by atoms with Crippen molar-refractivity contribution in [2.45, 2.75) is 0 Å². The summed E-state index contributed by atoms with van der Waals surface area (Å²) >= 11 is 3.42. The molecule has 1 heterocycles. The van der Waals surface area contributed by atoms with Crippen LogP contribution in [0.1, 0.15) is 0 Å². The van der Waals surface area contributed by atoms with Crippen LogP contribution in [0.3, 0.4) is 0 Å². The highest BCUT2D eigenvalue weighted by molar-refractivity contribution is 9.10. The van der Waals surface area contributed by atoms with E-state index >= 15 is 0 Å². The summed E-state index contributed by atoms with van der Waals surface area (Å²) in [7, 11) is 1.61. The van der Waals surface area contributed by atoms with Gasteiger partial charge in [0.25, 0.3) is 0 Å². The molecule has 0 amide bonds. The molecule has 0 aliphatic heterocycles. The fraction of sp³-hybridized carbons (Fsp3) is 0.0833. The van der Waals surface area contributed by atoms with Crippen molar-refractivity contribution in [2.75, 3.05) is 7.11 Å². The average molecular weight is 264 g/mol. The minimum atomic E-state index is 0.606. The van der Waals surface area contributed by atoms with Crippen molar-refractivity contribution < 1.29 is 4.74 Å². The first kappa shape index (κ1) is 10.2. The van der Waals surface area contributed by atoms with E-state index in [1.54, 1.807) is 13.3 Å². The van der Waals surface area contributed by atoms with Crippen LogP contribution < -0.4 is 4.74 Å². The zero-order chi connectivity index (χ0) is 10.7. The van der Waals surface area contributed by atoms with E-state index in [1.165, 1.54) is 0 Å². The van der Waals surface area contributed by atoms with Gasteiger partial charge in [-0.1, -0.05) is 30.3 Å². The largest absolute Gasteiger partial charge is 0.480 e. The summed E-state index contributed by atoms with van der Waals surface area (Å²) in [6.45, 7) is 0. The first-order valence-corrected chi connectivity index (χ1v) is 5.35. The molecule has 2 nitrogen and oxygen atoms in total.